The van der Waals surface area contributed by atoms with E-state index in [0.29, 0.717) is 11.5 Å². The topological polar surface area (TPSA) is 36.3 Å². The van der Waals surface area contributed by atoms with Crippen LogP contribution in [0.25, 0.3) is 0 Å². The standard InChI is InChI=1S/C16H29N5/c1-15(11-20-9-7-19(2)8-10-20)18-12-16(3-4-16)13-21-6-5-17-14-21/h5-6,14-15,18H,3-4,7-13H2,1-2H3. The van der Waals surface area contributed by atoms with E-state index in [4.69, 9.17) is 0 Å². The van der Waals surface area contributed by atoms with E-state index in [1.165, 1.54) is 45.6 Å². The normalized spacial score (nSPS) is 24.1. The van der Waals surface area contributed by atoms with Crippen LogP contribution in [0.2, 0.25) is 0 Å². The van der Waals surface area contributed by atoms with E-state index < -0.39 is 0 Å². The maximum Gasteiger partial charge on any atom is 0.0946 e. The van der Waals surface area contributed by atoms with Crippen molar-refractivity contribution in [3.05, 3.63) is 18.7 Å². The van der Waals surface area contributed by atoms with E-state index in [1.54, 1.807) is 0 Å². The van der Waals surface area contributed by atoms with Crippen LogP contribution in [0.3, 0.4) is 0 Å². The summed E-state index contributed by atoms with van der Waals surface area (Å²) in [6.45, 7) is 10.6. The maximum atomic E-state index is 4.14. The smallest absolute Gasteiger partial charge is 0.0946 e. The highest BCUT2D eigenvalue weighted by molar-refractivity contribution is 4.96. The van der Waals surface area contributed by atoms with Gasteiger partial charge in [-0.05, 0) is 26.8 Å². The zero-order valence-corrected chi connectivity index (χ0v) is 13.5. The van der Waals surface area contributed by atoms with Gasteiger partial charge >= 0.3 is 0 Å². The molecular weight excluding hydrogens is 262 g/mol. The molecule has 0 aromatic carbocycles. The first-order chi connectivity index (χ1) is 10.2. The highest BCUT2D eigenvalue weighted by Gasteiger charge is 2.42. The van der Waals surface area contributed by atoms with Crippen molar-refractivity contribution in [2.75, 3.05) is 46.3 Å². The van der Waals surface area contributed by atoms with Gasteiger partial charge in [-0.1, -0.05) is 0 Å². The number of aromatic nitrogens is 2. The van der Waals surface area contributed by atoms with Crippen LogP contribution in [-0.2, 0) is 6.54 Å². The summed E-state index contributed by atoms with van der Waals surface area (Å²) in [6, 6.07) is 0.577. The lowest BCUT2D eigenvalue weighted by Gasteiger charge is -2.34. The van der Waals surface area contributed by atoms with Gasteiger partial charge in [0.05, 0.1) is 6.33 Å². The lowest BCUT2D eigenvalue weighted by Crippen LogP contribution is -2.49. The van der Waals surface area contributed by atoms with Crippen molar-refractivity contribution in [1.29, 1.82) is 0 Å². The Morgan fingerprint density at radius 2 is 2.00 bits per heavy atom. The van der Waals surface area contributed by atoms with Crippen molar-refractivity contribution in [2.24, 2.45) is 5.41 Å². The fraction of sp³-hybridized carbons (Fsp3) is 0.812. The Balaban J connectivity index is 1.38. The van der Waals surface area contributed by atoms with Gasteiger partial charge in [-0.3, -0.25) is 4.90 Å². The Hall–Kier alpha value is -0.910. The molecule has 5 nitrogen and oxygen atoms in total. The number of hydrogen-bond acceptors (Lipinski definition) is 4. The molecule has 0 amide bonds. The van der Waals surface area contributed by atoms with Gasteiger partial charge in [0.2, 0.25) is 0 Å². The molecule has 3 rings (SSSR count). The summed E-state index contributed by atoms with van der Waals surface area (Å²) in [5.41, 5.74) is 0.483. The first-order valence-electron chi connectivity index (χ1n) is 8.25. The van der Waals surface area contributed by atoms with Crippen LogP contribution in [0.4, 0.5) is 0 Å². The van der Waals surface area contributed by atoms with Gasteiger partial charge < -0.3 is 14.8 Å². The fourth-order valence-corrected chi connectivity index (χ4v) is 3.21. The quantitative estimate of drug-likeness (QED) is 0.809. The molecule has 1 atom stereocenters. The number of nitrogens with one attached hydrogen (secondary N) is 1. The number of likely N-dealkylation sites (N-methyl/N-ethyl adjacent to an activating group) is 1. The zero-order valence-electron chi connectivity index (χ0n) is 13.5. The van der Waals surface area contributed by atoms with Crippen molar-refractivity contribution >= 4 is 0 Å². The highest BCUT2D eigenvalue weighted by Crippen LogP contribution is 2.46. The van der Waals surface area contributed by atoms with Crippen molar-refractivity contribution < 1.29 is 0 Å². The van der Waals surface area contributed by atoms with Crippen LogP contribution >= 0.6 is 0 Å². The summed E-state index contributed by atoms with van der Waals surface area (Å²) in [5, 5.41) is 3.77. The Morgan fingerprint density at radius 1 is 1.24 bits per heavy atom. The monoisotopic (exact) mass is 291 g/mol. The molecule has 1 aromatic rings. The minimum Gasteiger partial charge on any atom is -0.337 e. The van der Waals surface area contributed by atoms with Gasteiger partial charge in [-0.25, -0.2) is 4.98 Å². The summed E-state index contributed by atoms with van der Waals surface area (Å²) in [5.74, 6) is 0. The lowest BCUT2D eigenvalue weighted by molar-refractivity contribution is 0.143. The second-order valence-electron chi connectivity index (χ2n) is 7.12. The largest absolute Gasteiger partial charge is 0.337 e. The van der Waals surface area contributed by atoms with Crippen LogP contribution in [-0.4, -0.2) is 71.7 Å². The number of hydrogen-bond donors (Lipinski definition) is 1. The Morgan fingerprint density at radius 3 is 2.62 bits per heavy atom. The second kappa shape index (κ2) is 6.46. The summed E-state index contributed by atoms with van der Waals surface area (Å²) in [4.78, 5) is 9.15. The molecule has 1 N–H and O–H groups in total. The van der Waals surface area contributed by atoms with E-state index in [0.717, 1.165) is 13.1 Å². The molecule has 2 heterocycles. The molecule has 1 aliphatic heterocycles. The number of imidazole rings is 1. The van der Waals surface area contributed by atoms with Gasteiger partial charge in [-0.15, -0.1) is 0 Å². The predicted molar refractivity (Wildman–Crippen MR) is 85.3 cm³/mol. The van der Waals surface area contributed by atoms with E-state index in [-0.39, 0.29) is 0 Å². The minimum atomic E-state index is 0.483. The third-order valence-corrected chi connectivity index (χ3v) is 4.99. The summed E-state index contributed by atoms with van der Waals surface area (Å²) in [6.07, 6.45) is 8.58. The van der Waals surface area contributed by atoms with E-state index >= 15 is 0 Å². The Kier molecular flexibility index (Phi) is 4.62. The maximum absolute atomic E-state index is 4.14. The van der Waals surface area contributed by atoms with E-state index in [1.807, 2.05) is 12.5 Å². The molecule has 5 heteroatoms. The molecule has 1 aromatic heterocycles. The molecule has 0 bridgehead atoms. The third-order valence-electron chi connectivity index (χ3n) is 4.99. The van der Waals surface area contributed by atoms with Crippen LogP contribution in [0, 0.1) is 5.41 Å². The Labute approximate surface area is 128 Å². The van der Waals surface area contributed by atoms with Crippen molar-refractivity contribution in [3.63, 3.8) is 0 Å². The molecule has 2 aliphatic rings. The third kappa shape index (κ3) is 4.28. The molecule has 2 fully saturated rings. The Bertz CT molecular complexity index is 418. The number of rotatable bonds is 7. The minimum absolute atomic E-state index is 0.483. The van der Waals surface area contributed by atoms with E-state index in [9.17, 15) is 0 Å². The highest BCUT2D eigenvalue weighted by atomic mass is 15.3. The van der Waals surface area contributed by atoms with Crippen LogP contribution in [0.1, 0.15) is 19.8 Å². The SMILES string of the molecule is CC(CN1CCN(C)CC1)NCC1(Cn2ccnc2)CC1. The van der Waals surface area contributed by atoms with Crippen molar-refractivity contribution in [3.8, 4) is 0 Å². The lowest BCUT2D eigenvalue weighted by atomic mass is 10.1. The molecule has 1 saturated heterocycles. The van der Waals surface area contributed by atoms with Gasteiger partial charge in [-0.2, -0.15) is 0 Å². The first-order valence-corrected chi connectivity index (χ1v) is 8.25. The summed E-state index contributed by atoms with van der Waals surface area (Å²) < 4.78 is 2.22. The predicted octanol–water partition coefficient (Wildman–Crippen LogP) is 0.889. The average molecular weight is 291 g/mol. The molecule has 1 aliphatic carbocycles. The molecule has 0 radical (unpaired) electrons. The van der Waals surface area contributed by atoms with Gasteiger partial charge in [0, 0.05) is 69.7 Å². The van der Waals surface area contributed by atoms with Gasteiger partial charge in [0.15, 0.2) is 0 Å². The molecule has 118 valence electrons. The van der Waals surface area contributed by atoms with Gasteiger partial charge in [0.25, 0.3) is 0 Å². The summed E-state index contributed by atoms with van der Waals surface area (Å²) in [7, 11) is 2.21. The molecule has 0 spiro atoms. The summed E-state index contributed by atoms with van der Waals surface area (Å²) >= 11 is 0. The molecule has 21 heavy (non-hydrogen) atoms. The van der Waals surface area contributed by atoms with Crippen molar-refractivity contribution in [2.45, 2.75) is 32.4 Å². The fourth-order valence-electron chi connectivity index (χ4n) is 3.21. The zero-order chi connectivity index (χ0) is 14.7. The molecule has 1 unspecified atom stereocenters. The van der Waals surface area contributed by atoms with Crippen LogP contribution < -0.4 is 5.32 Å². The van der Waals surface area contributed by atoms with E-state index in [2.05, 4.69) is 44.8 Å². The van der Waals surface area contributed by atoms with Crippen LogP contribution in [0.5, 0.6) is 0 Å². The number of piperazine rings is 1. The second-order valence-corrected chi connectivity index (χ2v) is 7.12. The molecule has 1 saturated carbocycles. The average Bonchev–Trinajstić information content (AvgIpc) is 3.04. The van der Waals surface area contributed by atoms with Gasteiger partial charge in [0.1, 0.15) is 0 Å². The van der Waals surface area contributed by atoms with Crippen LogP contribution in [0.15, 0.2) is 18.7 Å². The number of nitrogens with zero attached hydrogens (tertiary/aromatic N) is 4. The van der Waals surface area contributed by atoms with Crippen molar-refractivity contribution in [1.82, 2.24) is 24.7 Å². The first kappa shape index (κ1) is 15.0. The molecular formula is C16H29N5.